The highest BCUT2D eigenvalue weighted by atomic mass is 32.1. The largest absolute Gasteiger partial charge is 0.488 e. The molecule has 2 heterocycles. The molecule has 1 aromatic carbocycles. The molecule has 1 aromatic heterocycles. The maximum atomic E-state index is 6.15. The second-order valence-electron chi connectivity index (χ2n) is 6.34. The first-order valence-corrected chi connectivity index (χ1v) is 9.65. The topological polar surface area (TPSA) is 67.8 Å². The number of nitrogens with zero attached hydrogens (tertiary/aromatic N) is 2. The first kappa shape index (κ1) is 18.7. The molecule has 2 aromatic rings. The van der Waals surface area contributed by atoms with Gasteiger partial charge in [0.2, 0.25) is 0 Å². The molecule has 0 saturated carbocycles. The van der Waals surface area contributed by atoms with Crippen molar-refractivity contribution in [2.24, 2.45) is 4.99 Å². The van der Waals surface area contributed by atoms with E-state index in [9.17, 15) is 0 Å². The predicted molar refractivity (Wildman–Crippen MR) is 105 cm³/mol. The first-order valence-electron chi connectivity index (χ1n) is 8.84. The molecule has 6 nitrogen and oxygen atoms in total. The van der Waals surface area contributed by atoms with E-state index in [0.717, 1.165) is 35.3 Å². The molecule has 1 atom stereocenters. The van der Waals surface area contributed by atoms with Crippen LogP contribution in [-0.4, -0.2) is 37.3 Å². The zero-order valence-corrected chi connectivity index (χ0v) is 16.4. The van der Waals surface area contributed by atoms with Gasteiger partial charge in [0.05, 0.1) is 24.8 Å². The molecule has 1 aliphatic rings. The Bertz CT molecular complexity index is 754. The summed E-state index contributed by atoms with van der Waals surface area (Å²) in [6.45, 7) is 6.88. The number of rotatable bonds is 6. The minimum absolute atomic E-state index is 0.141. The summed E-state index contributed by atoms with van der Waals surface area (Å²) in [5, 5.41) is 7.75. The summed E-state index contributed by atoms with van der Waals surface area (Å²) >= 11 is 1.69. The number of hydrogen-bond acceptors (Lipinski definition) is 5. The van der Waals surface area contributed by atoms with Crippen LogP contribution in [0.1, 0.15) is 27.4 Å². The van der Waals surface area contributed by atoms with Crippen molar-refractivity contribution in [3.05, 3.63) is 45.4 Å². The molecule has 1 aliphatic heterocycles. The molecule has 1 saturated heterocycles. The monoisotopic (exact) mass is 374 g/mol. The van der Waals surface area contributed by atoms with Gasteiger partial charge in [-0.25, -0.2) is 4.98 Å². The third kappa shape index (κ3) is 5.19. The first-order chi connectivity index (χ1) is 12.6. The molecule has 7 heteroatoms. The Balaban J connectivity index is 1.58. The average Bonchev–Trinajstić information content (AvgIpc) is 3.28. The van der Waals surface area contributed by atoms with Crippen molar-refractivity contribution < 1.29 is 9.47 Å². The Hall–Kier alpha value is -2.12. The summed E-state index contributed by atoms with van der Waals surface area (Å²) in [4.78, 5) is 9.75. The maximum Gasteiger partial charge on any atom is 0.191 e. The third-order valence-corrected chi connectivity index (χ3v) is 5.09. The van der Waals surface area contributed by atoms with Gasteiger partial charge < -0.3 is 20.1 Å². The summed E-state index contributed by atoms with van der Waals surface area (Å²) in [5.74, 6) is 1.67. The molecular formula is C19H26N4O2S. The molecule has 3 rings (SSSR count). The lowest BCUT2D eigenvalue weighted by Gasteiger charge is -2.18. The molecule has 0 spiro atoms. The number of thiazole rings is 1. The number of nitrogens with one attached hydrogen (secondary N) is 2. The van der Waals surface area contributed by atoms with Crippen molar-refractivity contribution in [2.45, 2.75) is 39.5 Å². The van der Waals surface area contributed by atoms with Gasteiger partial charge in [0.15, 0.2) is 5.96 Å². The fourth-order valence-corrected chi connectivity index (χ4v) is 3.49. The van der Waals surface area contributed by atoms with E-state index in [1.54, 1.807) is 18.4 Å². The fraction of sp³-hybridized carbons (Fsp3) is 0.474. The summed E-state index contributed by atoms with van der Waals surface area (Å²) in [5.41, 5.74) is 2.30. The number of hydrogen-bond donors (Lipinski definition) is 2. The van der Waals surface area contributed by atoms with E-state index in [2.05, 4.69) is 45.7 Å². The van der Waals surface area contributed by atoms with Crippen molar-refractivity contribution in [2.75, 3.05) is 20.3 Å². The smallest absolute Gasteiger partial charge is 0.191 e. The van der Waals surface area contributed by atoms with Crippen LogP contribution >= 0.6 is 11.3 Å². The van der Waals surface area contributed by atoms with Crippen LogP contribution in [0.4, 0.5) is 0 Å². The van der Waals surface area contributed by atoms with Crippen LogP contribution in [0.3, 0.4) is 0 Å². The highest BCUT2D eigenvalue weighted by Gasteiger charge is 2.18. The fourth-order valence-electron chi connectivity index (χ4n) is 2.76. The minimum Gasteiger partial charge on any atom is -0.488 e. The molecule has 140 valence electrons. The number of ether oxygens (including phenoxy) is 2. The second kappa shape index (κ2) is 9.00. The zero-order valence-electron chi connectivity index (χ0n) is 15.5. The van der Waals surface area contributed by atoms with Gasteiger partial charge in [0, 0.05) is 36.7 Å². The van der Waals surface area contributed by atoms with Crippen molar-refractivity contribution in [1.82, 2.24) is 15.6 Å². The molecule has 0 amide bonds. The Morgan fingerprint density at radius 2 is 2.19 bits per heavy atom. The highest BCUT2D eigenvalue weighted by molar-refractivity contribution is 7.11. The van der Waals surface area contributed by atoms with Gasteiger partial charge in [-0.2, -0.15) is 0 Å². The predicted octanol–water partition coefficient (Wildman–Crippen LogP) is 2.79. The molecule has 2 N–H and O–H groups in total. The second-order valence-corrected chi connectivity index (χ2v) is 7.66. The molecule has 26 heavy (non-hydrogen) atoms. The number of aryl methyl sites for hydroxylation is 2. The lowest BCUT2D eigenvalue weighted by atomic mass is 10.1. The van der Waals surface area contributed by atoms with E-state index in [4.69, 9.17) is 9.47 Å². The number of guanidine groups is 1. The van der Waals surface area contributed by atoms with Crippen LogP contribution in [-0.2, 0) is 17.8 Å². The van der Waals surface area contributed by atoms with Crippen LogP contribution in [0.5, 0.6) is 5.75 Å². The molecular weight excluding hydrogens is 348 g/mol. The van der Waals surface area contributed by atoms with Gasteiger partial charge in [-0.3, -0.25) is 4.99 Å². The quantitative estimate of drug-likeness (QED) is 0.601. The lowest BCUT2D eigenvalue weighted by Crippen LogP contribution is -2.36. The van der Waals surface area contributed by atoms with E-state index in [1.165, 1.54) is 10.4 Å². The number of benzene rings is 1. The Kier molecular flexibility index (Phi) is 6.46. The van der Waals surface area contributed by atoms with Gasteiger partial charge in [-0.15, -0.1) is 11.3 Å². The number of aliphatic imine (C=N–C) groups is 1. The van der Waals surface area contributed by atoms with Gasteiger partial charge >= 0.3 is 0 Å². The summed E-state index contributed by atoms with van der Waals surface area (Å²) in [6, 6.07) is 6.30. The van der Waals surface area contributed by atoms with Gasteiger partial charge in [-0.05, 0) is 25.5 Å². The average molecular weight is 375 g/mol. The van der Waals surface area contributed by atoms with Gasteiger partial charge in [0.25, 0.3) is 0 Å². The van der Waals surface area contributed by atoms with Crippen molar-refractivity contribution >= 4 is 17.3 Å². The van der Waals surface area contributed by atoms with Crippen molar-refractivity contribution in [1.29, 1.82) is 0 Å². The van der Waals surface area contributed by atoms with E-state index in [1.807, 2.05) is 13.1 Å². The van der Waals surface area contributed by atoms with Crippen LogP contribution < -0.4 is 15.4 Å². The summed E-state index contributed by atoms with van der Waals surface area (Å²) in [6.07, 6.45) is 2.98. The molecule has 0 bridgehead atoms. The van der Waals surface area contributed by atoms with Crippen LogP contribution in [0.15, 0.2) is 29.4 Å². The van der Waals surface area contributed by atoms with E-state index >= 15 is 0 Å². The van der Waals surface area contributed by atoms with Crippen LogP contribution in [0.2, 0.25) is 0 Å². The SMILES string of the molecule is CN=C(NCc1cnc(C)s1)NCc1ccc(C)cc1OC1CCOC1. The summed E-state index contributed by atoms with van der Waals surface area (Å²) < 4.78 is 11.6. The summed E-state index contributed by atoms with van der Waals surface area (Å²) in [7, 11) is 1.77. The minimum atomic E-state index is 0.141. The Morgan fingerprint density at radius 1 is 1.35 bits per heavy atom. The van der Waals surface area contributed by atoms with E-state index in [0.29, 0.717) is 19.7 Å². The van der Waals surface area contributed by atoms with Gasteiger partial charge in [-0.1, -0.05) is 12.1 Å². The Morgan fingerprint density at radius 3 is 2.88 bits per heavy atom. The standard InChI is InChI=1S/C19H26N4O2S/c1-13-4-5-15(18(8-13)25-16-6-7-24-12-16)9-22-19(20-3)23-11-17-10-21-14(2)26-17/h4-5,8,10,16H,6-7,9,11-12H2,1-3H3,(H2,20,22,23). The molecule has 1 unspecified atom stereocenters. The van der Waals surface area contributed by atoms with Crippen LogP contribution in [0.25, 0.3) is 0 Å². The van der Waals surface area contributed by atoms with E-state index in [-0.39, 0.29) is 6.10 Å². The Labute approximate surface area is 158 Å². The normalized spacial score (nSPS) is 17.3. The zero-order chi connectivity index (χ0) is 18.4. The molecule has 0 radical (unpaired) electrons. The maximum absolute atomic E-state index is 6.15. The molecule has 1 fully saturated rings. The highest BCUT2D eigenvalue weighted by Crippen LogP contribution is 2.23. The van der Waals surface area contributed by atoms with Crippen molar-refractivity contribution in [3.8, 4) is 5.75 Å². The number of aromatic nitrogens is 1. The van der Waals surface area contributed by atoms with Crippen LogP contribution in [0, 0.1) is 13.8 Å². The third-order valence-electron chi connectivity index (χ3n) is 4.17. The molecule has 0 aliphatic carbocycles. The van der Waals surface area contributed by atoms with E-state index < -0.39 is 0 Å². The van der Waals surface area contributed by atoms with Crippen molar-refractivity contribution in [3.63, 3.8) is 0 Å². The van der Waals surface area contributed by atoms with Gasteiger partial charge in [0.1, 0.15) is 11.9 Å². The lowest BCUT2D eigenvalue weighted by molar-refractivity contribution is 0.140.